The zero-order valence-electron chi connectivity index (χ0n) is 37.0. The first-order chi connectivity index (χ1) is 30.5. The number of fused-ring (bicyclic) bond motifs is 4. The molecule has 2 unspecified atom stereocenters. The molecule has 0 amide bonds. The second-order valence-electron chi connectivity index (χ2n) is 19.8. The first kappa shape index (κ1) is 45.3. The molecule has 0 aromatic heterocycles. The van der Waals surface area contributed by atoms with Gasteiger partial charge in [0.05, 0.1) is 0 Å². The van der Waals surface area contributed by atoms with Crippen LogP contribution in [0.5, 0.6) is 0 Å². The fraction of sp³-hybridized carbons (Fsp3) is 0.357. The monoisotopic (exact) mass is 1080 g/mol. The van der Waals surface area contributed by atoms with E-state index in [1.54, 1.807) is 0 Å². The summed E-state index contributed by atoms with van der Waals surface area (Å²) in [6.45, 7) is 4.82. The fourth-order valence-corrected chi connectivity index (χ4v) is 57.5. The molecule has 0 nitrogen and oxygen atoms in total. The molecule has 7 heteroatoms. The molecule has 63 heavy (non-hydrogen) atoms. The van der Waals surface area contributed by atoms with E-state index in [1.807, 2.05) is 0 Å². The molecule has 0 N–H and O–H groups in total. The van der Waals surface area contributed by atoms with Gasteiger partial charge < -0.3 is 0 Å². The molecule has 0 aliphatic heterocycles. The van der Waals surface area contributed by atoms with Gasteiger partial charge >= 0.3 is 406 Å². The molecule has 2 fully saturated rings. The van der Waals surface area contributed by atoms with Crippen LogP contribution in [0.3, 0.4) is 0 Å². The molecule has 2 saturated carbocycles. The molecule has 0 spiro atoms. The molecule has 0 saturated heterocycles. The van der Waals surface area contributed by atoms with Gasteiger partial charge in [0.1, 0.15) is 0 Å². The number of hydrogen-bond acceptors (Lipinski definition) is 0. The molecule has 10 rings (SSSR count). The van der Waals surface area contributed by atoms with Gasteiger partial charge in [-0.05, 0) is 0 Å². The summed E-state index contributed by atoms with van der Waals surface area (Å²) < 4.78 is 2.28. The predicted octanol–water partition coefficient (Wildman–Crippen LogP) is 18.5. The van der Waals surface area contributed by atoms with Crippen molar-refractivity contribution in [3.05, 3.63) is 155 Å². The second kappa shape index (κ2) is 18.5. The van der Waals surface area contributed by atoms with Crippen molar-refractivity contribution in [2.45, 2.75) is 106 Å². The molecule has 2 atom stereocenters. The first-order valence-electron chi connectivity index (χ1n) is 23.9. The molecule has 0 bridgehead atoms. The molecule has 6 aromatic rings. The van der Waals surface area contributed by atoms with Crippen LogP contribution in [0.25, 0.3) is 56.0 Å². The summed E-state index contributed by atoms with van der Waals surface area (Å²) in [5.74, 6) is 0. The molecular weight excluding hydrogens is 1020 g/mol. The number of allylic oxidation sites excluding steroid dienone is 2. The van der Waals surface area contributed by atoms with Crippen molar-refractivity contribution < 1.29 is 35.8 Å². The summed E-state index contributed by atoms with van der Waals surface area (Å²) in [7, 11) is 31.7. The molecular formula is C56H60Cl4SiZr2. The van der Waals surface area contributed by atoms with Crippen LogP contribution in [0.1, 0.15) is 120 Å². The van der Waals surface area contributed by atoms with E-state index >= 15 is 0 Å². The van der Waals surface area contributed by atoms with Gasteiger partial charge in [0.25, 0.3) is 0 Å². The van der Waals surface area contributed by atoms with E-state index in [9.17, 15) is 0 Å². The van der Waals surface area contributed by atoms with Crippen LogP contribution in [-0.4, -0.2) is 9.52 Å². The van der Waals surface area contributed by atoms with Crippen molar-refractivity contribution in [3.8, 4) is 22.3 Å². The standard InChI is InChI=1S/2C27H27.C2H6Si.4ClH.2Zr/c2*1-2-27(15-5-6-16-27)19-20-17-22-11-8-14-25(26(22)18-20)24-13-7-10-21-9-3-4-12-23(21)24;1-3-2;;;;;;/h2*3-4,7-14,17-18H,2,5-6,15-16,19H2,1H3;1-3H2;4*1H;;/q;;;;;;;2*+2/p-4. The van der Waals surface area contributed by atoms with Crippen molar-refractivity contribution in [1.82, 2.24) is 0 Å². The summed E-state index contributed by atoms with van der Waals surface area (Å²) >= 11 is -7.78. The van der Waals surface area contributed by atoms with Gasteiger partial charge in [-0.15, -0.1) is 0 Å². The van der Waals surface area contributed by atoms with E-state index in [2.05, 4.69) is 147 Å². The first-order valence-corrected chi connectivity index (χ1v) is 44.9. The minimum absolute atomic E-state index is 0.150. The summed E-state index contributed by atoms with van der Waals surface area (Å²) in [4.78, 5) is 0. The van der Waals surface area contributed by atoms with Crippen LogP contribution in [-0.2, 0) is 35.8 Å². The summed E-state index contributed by atoms with van der Waals surface area (Å²) in [5, 5.41) is 5.13. The molecule has 4 aliphatic rings. The van der Waals surface area contributed by atoms with E-state index in [0.29, 0.717) is 10.8 Å². The minimum atomic E-state index is -3.89. The van der Waals surface area contributed by atoms with Crippen molar-refractivity contribution in [2.75, 3.05) is 0 Å². The van der Waals surface area contributed by atoms with Crippen molar-refractivity contribution >= 4 is 77.3 Å². The Labute approximate surface area is 402 Å². The van der Waals surface area contributed by atoms with Gasteiger partial charge in [-0.3, -0.25) is 0 Å². The summed E-state index contributed by atoms with van der Waals surface area (Å²) in [6.07, 6.45) is 20.3. The quantitative estimate of drug-likeness (QED) is 0.0954. The van der Waals surface area contributed by atoms with Gasteiger partial charge in [0.2, 0.25) is 0 Å². The summed E-state index contributed by atoms with van der Waals surface area (Å²) in [6, 6.07) is 45.0. The third-order valence-electron chi connectivity index (χ3n) is 16.3. The van der Waals surface area contributed by atoms with E-state index < -0.39 is 45.3 Å². The van der Waals surface area contributed by atoms with Crippen molar-refractivity contribution in [1.29, 1.82) is 0 Å². The average Bonchev–Trinajstić information content (AvgIpc) is 4.12. The third kappa shape index (κ3) is 8.66. The Balaban J connectivity index is 0.979. The number of hydrogen-bond donors (Lipinski definition) is 0. The van der Waals surface area contributed by atoms with Gasteiger partial charge in [-0.1, -0.05) is 0 Å². The van der Waals surface area contributed by atoms with E-state index in [1.165, 1.54) is 141 Å². The van der Waals surface area contributed by atoms with Crippen LogP contribution in [0, 0.1) is 10.8 Å². The number of benzene rings is 6. The number of halogens is 4. The second-order valence-corrected chi connectivity index (χ2v) is 57.5. The zero-order valence-corrected chi connectivity index (χ0v) is 46.3. The fourth-order valence-electron chi connectivity index (χ4n) is 12.9. The topological polar surface area (TPSA) is 0 Å². The van der Waals surface area contributed by atoms with E-state index in [0.717, 1.165) is 20.3 Å². The SMILES string of the molecule is CCC1(CC2=Cc3c(-c4cccc5ccccc45)cccc3[CH]2[Zr]([Cl])([Cl])[CH2][SiH2][CH2][Zr]([Cl])([Cl])[CH]2C(CC3(CC)CCCC3)=Cc3c(-c4cccc5ccccc45)cccc32)CCCC1. The third-order valence-corrected chi connectivity index (χ3v) is 59.5. The molecule has 0 radical (unpaired) electrons. The summed E-state index contributed by atoms with van der Waals surface area (Å²) in [5.41, 5.74) is 14.4. The average molecular weight is 1090 g/mol. The normalized spacial score (nSPS) is 20.5. The van der Waals surface area contributed by atoms with Gasteiger partial charge in [-0.25, -0.2) is 0 Å². The van der Waals surface area contributed by atoms with E-state index in [4.69, 9.17) is 34.1 Å². The van der Waals surface area contributed by atoms with Gasteiger partial charge in [0, 0.05) is 0 Å². The Hall–Kier alpha value is -1.54. The van der Waals surface area contributed by atoms with Crippen molar-refractivity contribution in [2.24, 2.45) is 10.8 Å². The molecule has 0 heterocycles. The van der Waals surface area contributed by atoms with Gasteiger partial charge in [-0.2, -0.15) is 0 Å². The molecule has 324 valence electrons. The maximum atomic E-state index is 8.11. The zero-order chi connectivity index (χ0) is 43.4. The van der Waals surface area contributed by atoms with Crippen LogP contribution in [0.15, 0.2) is 132 Å². The predicted molar refractivity (Wildman–Crippen MR) is 273 cm³/mol. The number of rotatable bonds is 14. The van der Waals surface area contributed by atoms with Crippen LogP contribution < -0.4 is 0 Å². The Morgan fingerprint density at radius 1 is 0.476 bits per heavy atom. The van der Waals surface area contributed by atoms with Crippen LogP contribution >= 0.6 is 34.1 Å². The Morgan fingerprint density at radius 2 is 0.841 bits per heavy atom. The van der Waals surface area contributed by atoms with Crippen molar-refractivity contribution in [3.63, 3.8) is 0 Å². The van der Waals surface area contributed by atoms with Crippen LogP contribution in [0.4, 0.5) is 0 Å². The van der Waals surface area contributed by atoms with E-state index in [-0.39, 0.29) is 7.25 Å². The Morgan fingerprint density at radius 3 is 1.25 bits per heavy atom. The van der Waals surface area contributed by atoms with Crippen LogP contribution in [0.2, 0.25) is 7.50 Å². The Bertz CT molecular complexity index is 2540. The maximum absolute atomic E-state index is 8.11. The molecule has 4 aliphatic carbocycles. The molecule has 6 aromatic carbocycles. The Kier molecular flexibility index (Phi) is 13.3. The van der Waals surface area contributed by atoms with Gasteiger partial charge in [0.15, 0.2) is 0 Å².